The Balaban J connectivity index is 2.34. The van der Waals surface area contributed by atoms with Crippen molar-refractivity contribution >= 4 is 11.8 Å². The Bertz CT molecular complexity index is 441. The van der Waals surface area contributed by atoms with Crippen molar-refractivity contribution < 1.29 is 18.7 Å². The normalized spacial score (nSPS) is 20.5. The second-order valence-corrected chi connectivity index (χ2v) is 3.76. The van der Waals surface area contributed by atoms with E-state index in [-0.39, 0.29) is 17.9 Å². The Kier molecular flexibility index (Phi) is 2.93. The second-order valence-electron chi connectivity index (χ2n) is 3.76. The van der Waals surface area contributed by atoms with Crippen LogP contribution in [0.2, 0.25) is 0 Å². The maximum Gasteiger partial charge on any atom is 0.327 e. The van der Waals surface area contributed by atoms with E-state index in [0.29, 0.717) is 0 Å². The van der Waals surface area contributed by atoms with Gasteiger partial charge >= 0.3 is 6.03 Å². The molecule has 1 aliphatic rings. The third-order valence-electron chi connectivity index (χ3n) is 2.54. The van der Waals surface area contributed by atoms with Crippen LogP contribution in [0.15, 0.2) is 18.3 Å². The van der Waals surface area contributed by atoms with Gasteiger partial charge in [-0.2, -0.15) is 0 Å². The van der Waals surface area contributed by atoms with Crippen LogP contribution < -0.4 is 4.90 Å². The molecule has 0 spiro atoms. The van der Waals surface area contributed by atoms with E-state index in [9.17, 15) is 18.7 Å². The van der Waals surface area contributed by atoms with Crippen LogP contribution in [0.4, 0.5) is 19.4 Å². The Hall–Kier alpha value is -1.76. The highest BCUT2D eigenvalue weighted by Gasteiger charge is 2.35. The zero-order valence-corrected chi connectivity index (χ0v) is 9.05. The second kappa shape index (κ2) is 4.25. The molecule has 0 radical (unpaired) electrons. The maximum absolute atomic E-state index is 12.5. The highest BCUT2D eigenvalue weighted by molar-refractivity contribution is 5.93. The molecule has 92 valence electrons. The summed E-state index contributed by atoms with van der Waals surface area (Å²) < 4.78 is 25.0. The van der Waals surface area contributed by atoms with E-state index in [2.05, 4.69) is 4.98 Å². The molecular weight excluding hydrogens is 232 g/mol. The van der Waals surface area contributed by atoms with Crippen molar-refractivity contribution in [2.24, 2.45) is 0 Å². The first-order valence-corrected chi connectivity index (χ1v) is 4.97. The summed E-state index contributed by atoms with van der Waals surface area (Å²) >= 11 is 0. The Morgan fingerprint density at radius 2 is 2.29 bits per heavy atom. The van der Waals surface area contributed by atoms with Gasteiger partial charge in [-0.05, 0) is 12.1 Å². The van der Waals surface area contributed by atoms with E-state index >= 15 is 0 Å². The number of amides is 2. The number of hydrogen-bond acceptors (Lipinski definition) is 3. The molecule has 0 aromatic carbocycles. The van der Waals surface area contributed by atoms with Gasteiger partial charge in [0.05, 0.1) is 6.54 Å². The summed E-state index contributed by atoms with van der Waals surface area (Å²) in [5, 5.41) is 9.65. The number of halogens is 2. The van der Waals surface area contributed by atoms with Crippen LogP contribution in [0.3, 0.4) is 0 Å². The van der Waals surface area contributed by atoms with Gasteiger partial charge in [-0.15, -0.1) is 0 Å². The number of aliphatic hydroxyl groups excluding tert-OH is 1. The zero-order chi connectivity index (χ0) is 12.6. The quantitative estimate of drug-likeness (QED) is 0.849. The number of β-amino-alcohol motifs (C(OH)–C–C–N with tert-alkyl or cyclic N) is 1. The number of pyridine rings is 1. The summed E-state index contributed by atoms with van der Waals surface area (Å²) in [6, 6.07) is 1.81. The molecule has 1 N–H and O–H groups in total. The Morgan fingerprint density at radius 3 is 2.82 bits per heavy atom. The third-order valence-corrected chi connectivity index (χ3v) is 2.54. The molecule has 1 aromatic heterocycles. The van der Waals surface area contributed by atoms with Crippen molar-refractivity contribution in [3.63, 3.8) is 0 Å². The van der Waals surface area contributed by atoms with E-state index in [0.717, 1.165) is 11.0 Å². The molecule has 0 aliphatic carbocycles. The van der Waals surface area contributed by atoms with Crippen molar-refractivity contribution in [3.8, 4) is 0 Å². The molecule has 2 heterocycles. The predicted molar refractivity (Wildman–Crippen MR) is 55.7 cm³/mol. The number of likely N-dealkylation sites (N-methyl/N-ethyl adjacent to an activating group) is 1. The molecule has 1 fully saturated rings. The first-order valence-electron chi connectivity index (χ1n) is 4.97. The lowest BCUT2D eigenvalue weighted by Crippen LogP contribution is -2.34. The first-order chi connectivity index (χ1) is 8.00. The molecule has 2 amide bonds. The van der Waals surface area contributed by atoms with Crippen LogP contribution in [-0.2, 0) is 0 Å². The first kappa shape index (κ1) is 11.7. The largest absolute Gasteiger partial charge is 0.371 e. The fourth-order valence-corrected chi connectivity index (χ4v) is 1.67. The molecule has 1 unspecified atom stereocenters. The van der Waals surface area contributed by atoms with Gasteiger partial charge < -0.3 is 10.0 Å². The monoisotopic (exact) mass is 243 g/mol. The van der Waals surface area contributed by atoms with Crippen molar-refractivity contribution in [2.75, 3.05) is 18.5 Å². The van der Waals surface area contributed by atoms with Gasteiger partial charge in [-0.3, -0.25) is 0 Å². The molecule has 1 aromatic rings. The summed E-state index contributed by atoms with van der Waals surface area (Å²) in [6.07, 6.45) is -2.51. The van der Waals surface area contributed by atoms with Crippen molar-refractivity contribution in [1.82, 2.24) is 9.88 Å². The molecular formula is C10H11F2N3O2. The highest BCUT2D eigenvalue weighted by Crippen LogP contribution is 2.25. The molecule has 7 heteroatoms. The van der Waals surface area contributed by atoms with E-state index in [1.54, 1.807) is 0 Å². The molecule has 1 aliphatic heterocycles. The number of carbonyl (C=O) groups is 1. The van der Waals surface area contributed by atoms with Crippen LogP contribution in [-0.4, -0.2) is 40.8 Å². The molecule has 0 bridgehead atoms. The summed E-state index contributed by atoms with van der Waals surface area (Å²) in [7, 11) is 1.52. The van der Waals surface area contributed by atoms with Crippen LogP contribution in [0.5, 0.6) is 0 Å². The van der Waals surface area contributed by atoms with Gasteiger partial charge in [-0.25, -0.2) is 23.5 Å². The summed E-state index contributed by atoms with van der Waals surface area (Å²) in [5.41, 5.74) is -0.232. The fraction of sp³-hybridized carbons (Fsp3) is 0.400. The maximum atomic E-state index is 12.5. The number of aliphatic hydroxyl groups is 1. The van der Waals surface area contributed by atoms with Gasteiger partial charge in [-0.1, -0.05) is 0 Å². The van der Waals surface area contributed by atoms with Crippen LogP contribution >= 0.6 is 0 Å². The number of anilines is 1. The summed E-state index contributed by atoms with van der Waals surface area (Å²) in [4.78, 5) is 17.8. The van der Waals surface area contributed by atoms with Gasteiger partial charge in [0.1, 0.15) is 5.82 Å². The highest BCUT2D eigenvalue weighted by atomic mass is 19.3. The average molecular weight is 243 g/mol. The number of hydrogen-bond donors (Lipinski definition) is 1. The molecule has 17 heavy (non-hydrogen) atoms. The smallest absolute Gasteiger partial charge is 0.327 e. The standard InChI is InChI=1S/C10H11F2N3O2/c1-14-5-8(16)15(10(14)17)7-4-6(9(11)12)2-3-13-7/h2-4,8-9,16H,5H2,1H3. The van der Waals surface area contributed by atoms with Crippen molar-refractivity contribution in [2.45, 2.75) is 12.7 Å². The van der Waals surface area contributed by atoms with Gasteiger partial charge in [0, 0.05) is 18.8 Å². The van der Waals surface area contributed by atoms with Gasteiger partial charge in [0.2, 0.25) is 0 Å². The van der Waals surface area contributed by atoms with Crippen molar-refractivity contribution in [3.05, 3.63) is 23.9 Å². The van der Waals surface area contributed by atoms with Gasteiger partial charge in [0.15, 0.2) is 6.23 Å². The van der Waals surface area contributed by atoms with Gasteiger partial charge in [0.25, 0.3) is 6.43 Å². The number of carbonyl (C=O) groups excluding carboxylic acids is 1. The lowest BCUT2D eigenvalue weighted by atomic mass is 10.2. The lowest BCUT2D eigenvalue weighted by molar-refractivity contribution is 0.151. The molecule has 1 saturated heterocycles. The van der Waals surface area contributed by atoms with Crippen LogP contribution in [0, 0.1) is 0 Å². The summed E-state index contributed by atoms with van der Waals surface area (Å²) in [6.45, 7) is 0.124. The zero-order valence-electron chi connectivity index (χ0n) is 9.05. The van der Waals surface area contributed by atoms with Crippen LogP contribution in [0.25, 0.3) is 0 Å². The Morgan fingerprint density at radius 1 is 1.59 bits per heavy atom. The fourth-order valence-electron chi connectivity index (χ4n) is 1.67. The number of aromatic nitrogens is 1. The third kappa shape index (κ3) is 2.05. The van der Waals surface area contributed by atoms with E-state index in [1.807, 2.05) is 0 Å². The number of nitrogens with zero attached hydrogens (tertiary/aromatic N) is 3. The molecule has 1 atom stereocenters. The minimum Gasteiger partial charge on any atom is -0.371 e. The predicted octanol–water partition coefficient (Wildman–Crippen LogP) is 1.21. The van der Waals surface area contributed by atoms with Crippen LogP contribution in [0.1, 0.15) is 12.0 Å². The SMILES string of the molecule is CN1CC(O)N(c2cc(C(F)F)ccn2)C1=O. The average Bonchev–Trinajstić information content (AvgIpc) is 2.53. The van der Waals surface area contributed by atoms with E-state index in [1.165, 1.54) is 24.2 Å². The molecule has 0 saturated carbocycles. The Labute approximate surface area is 96.3 Å². The lowest BCUT2D eigenvalue weighted by Gasteiger charge is -2.18. The van der Waals surface area contributed by atoms with E-state index < -0.39 is 18.7 Å². The minimum atomic E-state index is -2.63. The number of rotatable bonds is 2. The minimum absolute atomic E-state index is 0.0321. The molecule has 5 nitrogen and oxygen atoms in total. The van der Waals surface area contributed by atoms with E-state index in [4.69, 9.17) is 0 Å². The summed E-state index contributed by atoms with van der Waals surface area (Å²) in [5.74, 6) is 0.0321. The number of urea groups is 1. The number of alkyl halides is 2. The molecule has 2 rings (SSSR count). The topological polar surface area (TPSA) is 56.7 Å². The van der Waals surface area contributed by atoms with Crippen molar-refractivity contribution in [1.29, 1.82) is 0 Å².